The van der Waals surface area contributed by atoms with Crippen LogP contribution in [0.15, 0.2) is 6.20 Å². The third-order valence-electron chi connectivity index (χ3n) is 2.14. The highest BCUT2D eigenvalue weighted by Gasteiger charge is 2.25. The average Bonchev–Trinajstić information content (AvgIpc) is 2.73. The van der Waals surface area contributed by atoms with E-state index in [1.807, 2.05) is 41.5 Å². The number of carbonyl (C=O) groups excluding carboxylic acids is 1. The molecule has 3 nitrogen and oxygen atoms in total. The maximum atomic E-state index is 11.2. The average molecular weight is 223 g/mol. The summed E-state index contributed by atoms with van der Waals surface area (Å²) in [7, 11) is 0. The molecule has 0 N–H and O–H groups in total. The molecule has 0 fully saturated rings. The molecule has 1 aliphatic heterocycles. The van der Waals surface area contributed by atoms with Gasteiger partial charge in [-0.25, -0.2) is 4.79 Å². The van der Waals surface area contributed by atoms with E-state index in [4.69, 9.17) is 4.74 Å². The standard InChI is InChI=1S/C9H9NO2.2C2H6/c1-5-3-10-6(2)7-4-12-9(11)8(5)7;2*1-2/h3H,4H2,1-2H3;2*1-2H3. The molecule has 0 saturated carbocycles. The van der Waals surface area contributed by atoms with Crippen molar-refractivity contribution in [1.29, 1.82) is 0 Å². The molecule has 16 heavy (non-hydrogen) atoms. The van der Waals surface area contributed by atoms with Gasteiger partial charge in [-0.1, -0.05) is 27.7 Å². The highest BCUT2D eigenvalue weighted by molar-refractivity contribution is 5.94. The third-order valence-corrected chi connectivity index (χ3v) is 2.14. The van der Waals surface area contributed by atoms with Crippen molar-refractivity contribution in [1.82, 2.24) is 4.98 Å². The lowest BCUT2D eigenvalue weighted by Crippen LogP contribution is -1.99. The summed E-state index contributed by atoms with van der Waals surface area (Å²) in [6.07, 6.45) is 1.71. The number of hydrogen-bond donors (Lipinski definition) is 0. The van der Waals surface area contributed by atoms with Gasteiger partial charge in [0, 0.05) is 17.5 Å². The van der Waals surface area contributed by atoms with E-state index in [1.165, 1.54) is 0 Å². The molecule has 0 aromatic carbocycles. The zero-order chi connectivity index (χ0) is 12.7. The van der Waals surface area contributed by atoms with Crippen LogP contribution in [0.4, 0.5) is 0 Å². The Kier molecular flexibility index (Phi) is 6.38. The van der Waals surface area contributed by atoms with Crippen LogP contribution in [0, 0.1) is 13.8 Å². The minimum Gasteiger partial charge on any atom is -0.457 e. The smallest absolute Gasteiger partial charge is 0.339 e. The molecule has 1 aromatic heterocycles. The summed E-state index contributed by atoms with van der Waals surface area (Å²) in [5, 5.41) is 0. The number of nitrogens with zero attached hydrogens (tertiary/aromatic N) is 1. The van der Waals surface area contributed by atoms with E-state index in [0.29, 0.717) is 12.2 Å². The molecule has 0 atom stereocenters. The molecule has 2 heterocycles. The van der Waals surface area contributed by atoms with Crippen LogP contribution in [0.2, 0.25) is 0 Å². The van der Waals surface area contributed by atoms with Crippen LogP contribution in [0.25, 0.3) is 0 Å². The second-order valence-electron chi connectivity index (χ2n) is 2.96. The molecule has 0 unspecified atom stereocenters. The van der Waals surface area contributed by atoms with Crippen LogP contribution in [-0.4, -0.2) is 11.0 Å². The Morgan fingerprint density at radius 3 is 2.25 bits per heavy atom. The topological polar surface area (TPSA) is 39.2 Å². The van der Waals surface area contributed by atoms with Gasteiger partial charge in [0.1, 0.15) is 6.61 Å². The Hall–Kier alpha value is -1.38. The predicted octanol–water partition coefficient (Wildman–Crippen LogP) is 3.42. The maximum Gasteiger partial charge on any atom is 0.339 e. The third kappa shape index (κ3) is 2.81. The number of ether oxygens (including phenoxy) is 1. The van der Waals surface area contributed by atoms with Gasteiger partial charge in [0.2, 0.25) is 0 Å². The largest absolute Gasteiger partial charge is 0.457 e. The lowest BCUT2D eigenvalue weighted by atomic mass is 10.1. The Labute approximate surface area is 97.9 Å². The summed E-state index contributed by atoms with van der Waals surface area (Å²) in [6, 6.07) is 0. The van der Waals surface area contributed by atoms with E-state index in [-0.39, 0.29) is 5.97 Å². The summed E-state index contributed by atoms with van der Waals surface area (Å²) in [4.78, 5) is 15.3. The first-order chi connectivity index (χ1) is 7.70. The number of pyridine rings is 1. The van der Waals surface area contributed by atoms with Gasteiger partial charge in [-0.3, -0.25) is 4.98 Å². The van der Waals surface area contributed by atoms with E-state index in [2.05, 4.69) is 4.98 Å². The minimum atomic E-state index is -0.215. The lowest BCUT2D eigenvalue weighted by Gasteiger charge is -2.00. The maximum absolute atomic E-state index is 11.2. The molecule has 0 amide bonds. The van der Waals surface area contributed by atoms with Gasteiger partial charge in [-0.05, 0) is 19.4 Å². The van der Waals surface area contributed by atoms with Crippen molar-refractivity contribution in [3.05, 3.63) is 28.6 Å². The number of carbonyl (C=O) groups is 1. The fourth-order valence-corrected chi connectivity index (χ4v) is 1.43. The molecule has 1 aromatic rings. The van der Waals surface area contributed by atoms with Crippen LogP contribution >= 0.6 is 0 Å². The van der Waals surface area contributed by atoms with Gasteiger partial charge in [0.25, 0.3) is 0 Å². The molecule has 1 aliphatic rings. The Morgan fingerprint density at radius 1 is 1.19 bits per heavy atom. The van der Waals surface area contributed by atoms with Gasteiger partial charge in [0.05, 0.1) is 5.56 Å². The number of esters is 1. The van der Waals surface area contributed by atoms with Gasteiger partial charge >= 0.3 is 5.97 Å². The highest BCUT2D eigenvalue weighted by Crippen LogP contribution is 2.24. The van der Waals surface area contributed by atoms with E-state index in [1.54, 1.807) is 6.20 Å². The van der Waals surface area contributed by atoms with E-state index >= 15 is 0 Å². The SMILES string of the molecule is CC.CC.Cc1cnc(C)c2c1C(=O)OC2. The molecule has 0 bridgehead atoms. The molecule has 0 saturated heterocycles. The fraction of sp³-hybridized carbons (Fsp3) is 0.538. The van der Waals surface area contributed by atoms with Crippen molar-refractivity contribution in [3.63, 3.8) is 0 Å². The summed E-state index contributed by atoms with van der Waals surface area (Å²) >= 11 is 0. The van der Waals surface area contributed by atoms with Gasteiger partial charge in [-0.2, -0.15) is 0 Å². The zero-order valence-corrected chi connectivity index (χ0v) is 11.0. The van der Waals surface area contributed by atoms with Crippen molar-refractivity contribution in [3.8, 4) is 0 Å². The van der Waals surface area contributed by atoms with Crippen molar-refractivity contribution in [2.24, 2.45) is 0 Å². The number of hydrogen-bond acceptors (Lipinski definition) is 3. The quantitative estimate of drug-likeness (QED) is 0.633. The van der Waals surface area contributed by atoms with Crippen LogP contribution in [0.5, 0.6) is 0 Å². The first-order valence-electron chi connectivity index (χ1n) is 5.82. The highest BCUT2D eigenvalue weighted by atomic mass is 16.5. The number of rotatable bonds is 0. The van der Waals surface area contributed by atoms with E-state index in [0.717, 1.165) is 16.8 Å². The van der Waals surface area contributed by atoms with E-state index < -0.39 is 0 Å². The number of cyclic esters (lactones) is 1. The van der Waals surface area contributed by atoms with Gasteiger partial charge < -0.3 is 4.74 Å². The Morgan fingerprint density at radius 2 is 1.75 bits per heavy atom. The predicted molar refractivity (Wildman–Crippen MR) is 65.5 cm³/mol. The molecular weight excluding hydrogens is 202 g/mol. The summed E-state index contributed by atoms with van der Waals surface area (Å²) in [5.41, 5.74) is 3.45. The monoisotopic (exact) mass is 223 g/mol. The van der Waals surface area contributed by atoms with E-state index in [9.17, 15) is 4.79 Å². The molecule has 2 rings (SSSR count). The minimum absolute atomic E-state index is 0.215. The first kappa shape index (κ1) is 14.6. The number of aromatic nitrogens is 1. The van der Waals surface area contributed by atoms with Crippen LogP contribution < -0.4 is 0 Å². The molecule has 90 valence electrons. The molecular formula is C13H21NO2. The Balaban J connectivity index is 0.000000509. The second-order valence-corrected chi connectivity index (χ2v) is 2.96. The Bertz CT molecular complexity index is 359. The molecule has 0 spiro atoms. The number of aryl methyl sites for hydroxylation is 2. The summed E-state index contributed by atoms with van der Waals surface area (Å²) < 4.78 is 4.91. The molecule has 0 radical (unpaired) electrons. The molecule has 0 aliphatic carbocycles. The lowest BCUT2D eigenvalue weighted by molar-refractivity contribution is 0.0534. The van der Waals surface area contributed by atoms with Crippen molar-refractivity contribution < 1.29 is 9.53 Å². The van der Waals surface area contributed by atoms with Crippen LogP contribution in [0.3, 0.4) is 0 Å². The fourth-order valence-electron chi connectivity index (χ4n) is 1.43. The molecule has 3 heteroatoms. The van der Waals surface area contributed by atoms with Gasteiger partial charge in [-0.15, -0.1) is 0 Å². The normalized spacial score (nSPS) is 11.5. The summed E-state index contributed by atoms with van der Waals surface area (Å²) in [5.74, 6) is -0.215. The first-order valence-corrected chi connectivity index (χ1v) is 5.82. The van der Waals surface area contributed by atoms with Crippen molar-refractivity contribution in [2.75, 3.05) is 0 Å². The van der Waals surface area contributed by atoms with Gasteiger partial charge in [0.15, 0.2) is 0 Å². The van der Waals surface area contributed by atoms with Crippen molar-refractivity contribution >= 4 is 5.97 Å². The number of fused-ring (bicyclic) bond motifs is 1. The second kappa shape index (κ2) is 6.99. The van der Waals surface area contributed by atoms with Crippen molar-refractivity contribution in [2.45, 2.75) is 48.1 Å². The van der Waals surface area contributed by atoms with Crippen LogP contribution in [0.1, 0.15) is 54.9 Å². The zero-order valence-electron chi connectivity index (χ0n) is 11.0. The van der Waals surface area contributed by atoms with Crippen LogP contribution in [-0.2, 0) is 11.3 Å². The summed E-state index contributed by atoms with van der Waals surface area (Å²) in [6.45, 7) is 12.1.